The van der Waals surface area contributed by atoms with Gasteiger partial charge in [-0.05, 0) is 35.9 Å². The van der Waals surface area contributed by atoms with Gasteiger partial charge in [0.1, 0.15) is 23.6 Å². The van der Waals surface area contributed by atoms with Crippen LogP contribution in [0.15, 0.2) is 85.5 Å². The number of benzene rings is 3. The predicted octanol–water partition coefficient (Wildman–Crippen LogP) is 5.64. The van der Waals surface area contributed by atoms with Crippen molar-refractivity contribution in [1.29, 1.82) is 0 Å². The Morgan fingerprint density at radius 3 is 2.49 bits per heavy atom. The number of hydrogen-bond donors (Lipinski definition) is 0. The molecule has 0 N–H and O–H groups in total. The number of methoxy groups -OCH3 is 2. The molecule has 0 unspecified atom stereocenters. The van der Waals surface area contributed by atoms with Gasteiger partial charge in [0.15, 0.2) is 11.5 Å². The molecular formula is C29H21N5O3. The van der Waals surface area contributed by atoms with Crippen molar-refractivity contribution in [2.24, 2.45) is 0 Å². The highest BCUT2D eigenvalue weighted by Crippen LogP contribution is 2.51. The monoisotopic (exact) mass is 487 g/mol. The summed E-state index contributed by atoms with van der Waals surface area (Å²) < 4.78 is 19.3. The highest BCUT2D eigenvalue weighted by Gasteiger charge is 2.34. The van der Waals surface area contributed by atoms with Gasteiger partial charge in [0, 0.05) is 40.2 Å². The number of pyridine rings is 1. The fourth-order valence-corrected chi connectivity index (χ4v) is 5.05. The minimum atomic E-state index is -0.189. The Balaban J connectivity index is 1.50. The van der Waals surface area contributed by atoms with Crippen LogP contribution in [0.1, 0.15) is 22.6 Å². The molecule has 0 radical (unpaired) electrons. The van der Waals surface area contributed by atoms with Crippen LogP contribution in [0.4, 0.5) is 0 Å². The van der Waals surface area contributed by atoms with E-state index in [9.17, 15) is 0 Å². The molecule has 1 aliphatic rings. The number of nitrogens with zero attached hydrogens (tertiary/aromatic N) is 5. The maximum absolute atomic E-state index is 6.53. The average molecular weight is 488 g/mol. The molecule has 1 atom stereocenters. The molecule has 0 amide bonds. The van der Waals surface area contributed by atoms with Crippen molar-refractivity contribution < 1.29 is 14.2 Å². The van der Waals surface area contributed by atoms with Gasteiger partial charge in [0.05, 0.1) is 19.8 Å². The molecule has 0 saturated heterocycles. The largest absolute Gasteiger partial charge is 0.497 e. The highest BCUT2D eigenvalue weighted by molar-refractivity contribution is 5.95. The lowest BCUT2D eigenvalue weighted by Gasteiger charge is -2.29. The third-order valence-corrected chi connectivity index (χ3v) is 6.80. The third kappa shape index (κ3) is 3.30. The molecule has 0 bridgehead atoms. The molecule has 1 aliphatic heterocycles. The van der Waals surface area contributed by atoms with Gasteiger partial charge in [-0.3, -0.25) is 4.98 Å². The van der Waals surface area contributed by atoms with E-state index in [1.165, 1.54) is 0 Å². The van der Waals surface area contributed by atoms with Gasteiger partial charge in [-0.25, -0.2) is 14.5 Å². The first-order valence-electron chi connectivity index (χ1n) is 11.8. The van der Waals surface area contributed by atoms with E-state index in [2.05, 4.69) is 34.2 Å². The Bertz CT molecular complexity index is 1780. The first-order chi connectivity index (χ1) is 18.2. The summed E-state index contributed by atoms with van der Waals surface area (Å²) >= 11 is 0. The zero-order valence-corrected chi connectivity index (χ0v) is 20.1. The number of fused-ring (bicyclic) bond motifs is 6. The van der Waals surface area contributed by atoms with Gasteiger partial charge in [-0.15, -0.1) is 5.10 Å². The molecule has 180 valence electrons. The van der Waals surface area contributed by atoms with Crippen molar-refractivity contribution in [3.05, 3.63) is 102 Å². The van der Waals surface area contributed by atoms with E-state index >= 15 is 0 Å². The van der Waals surface area contributed by atoms with Gasteiger partial charge in [0.2, 0.25) is 5.88 Å². The predicted molar refractivity (Wildman–Crippen MR) is 139 cm³/mol. The van der Waals surface area contributed by atoms with E-state index in [1.54, 1.807) is 37.5 Å². The Kier molecular flexibility index (Phi) is 4.78. The molecule has 3 aromatic heterocycles. The van der Waals surface area contributed by atoms with Crippen LogP contribution >= 0.6 is 0 Å². The molecule has 8 heteroatoms. The van der Waals surface area contributed by atoms with Crippen LogP contribution in [-0.4, -0.2) is 38.8 Å². The Hall–Kier alpha value is -4.98. The fourth-order valence-electron chi connectivity index (χ4n) is 5.05. The lowest BCUT2D eigenvalue weighted by molar-refractivity contribution is 0.414. The number of hydrogen-bond acceptors (Lipinski definition) is 7. The van der Waals surface area contributed by atoms with E-state index < -0.39 is 0 Å². The van der Waals surface area contributed by atoms with Gasteiger partial charge in [-0.2, -0.15) is 0 Å². The van der Waals surface area contributed by atoms with Crippen LogP contribution in [0.5, 0.6) is 23.1 Å². The molecule has 0 spiro atoms. The molecule has 0 aliphatic carbocycles. The maximum Gasteiger partial charge on any atom is 0.228 e. The zero-order valence-electron chi connectivity index (χ0n) is 20.1. The summed E-state index contributed by atoms with van der Waals surface area (Å²) in [5, 5.41) is 6.63. The van der Waals surface area contributed by atoms with Gasteiger partial charge < -0.3 is 14.2 Å². The second-order valence-electron chi connectivity index (χ2n) is 8.75. The topological polar surface area (TPSA) is 83.7 Å². The third-order valence-electron chi connectivity index (χ3n) is 6.80. The van der Waals surface area contributed by atoms with Crippen molar-refractivity contribution in [3.8, 4) is 34.5 Å². The molecule has 0 fully saturated rings. The Labute approximate surface area is 212 Å². The van der Waals surface area contributed by atoms with Crippen molar-refractivity contribution in [3.63, 3.8) is 0 Å². The fraction of sp³-hybridized carbons (Fsp3) is 0.103. The van der Waals surface area contributed by atoms with Crippen LogP contribution < -0.4 is 14.2 Å². The normalized spacial score (nSPS) is 14.2. The lowest BCUT2D eigenvalue weighted by Crippen LogP contribution is -2.15. The van der Waals surface area contributed by atoms with Crippen molar-refractivity contribution in [1.82, 2.24) is 24.6 Å². The standard InChI is InChI=1S/C29H21N5O3/c1-35-19-8-6-17(7-9-19)24-22-11-10-20-21(4-3-5-23(20)36-2)26(22)37-29-25(24)28-32-27(33-34(28)16-31-29)18-12-14-30-15-13-18/h3-16,24H,1-2H3/t24-/m1/s1. The summed E-state index contributed by atoms with van der Waals surface area (Å²) in [6, 6.07) is 22.0. The molecule has 8 nitrogen and oxygen atoms in total. The molecule has 37 heavy (non-hydrogen) atoms. The summed E-state index contributed by atoms with van der Waals surface area (Å²) in [4.78, 5) is 13.7. The van der Waals surface area contributed by atoms with Crippen molar-refractivity contribution >= 4 is 16.4 Å². The SMILES string of the molecule is COc1ccc([C@@H]2c3ccc4c(OC)cccc4c3Oc3ncn4nc(-c5ccncc5)nc4c32)cc1. The molecule has 0 saturated carbocycles. The van der Waals surface area contributed by atoms with E-state index in [-0.39, 0.29) is 5.92 Å². The van der Waals surface area contributed by atoms with Crippen LogP contribution in [0.3, 0.4) is 0 Å². The van der Waals surface area contributed by atoms with Crippen LogP contribution in [0.2, 0.25) is 0 Å². The van der Waals surface area contributed by atoms with Crippen LogP contribution in [-0.2, 0) is 0 Å². The Morgan fingerprint density at radius 1 is 0.865 bits per heavy atom. The highest BCUT2D eigenvalue weighted by atomic mass is 16.5. The summed E-state index contributed by atoms with van der Waals surface area (Å²) in [5.41, 5.74) is 4.51. The summed E-state index contributed by atoms with van der Waals surface area (Å²) in [5.74, 6) is 3.25. The Morgan fingerprint density at radius 2 is 1.70 bits per heavy atom. The average Bonchev–Trinajstić information content (AvgIpc) is 3.41. The molecule has 3 aromatic carbocycles. The van der Waals surface area contributed by atoms with Crippen LogP contribution in [0, 0.1) is 0 Å². The van der Waals surface area contributed by atoms with Gasteiger partial charge in [0.25, 0.3) is 0 Å². The molecule has 4 heterocycles. The first-order valence-corrected chi connectivity index (χ1v) is 11.8. The van der Waals surface area contributed by atoms with Gasteiger partial charge in [-0.1, -0.05) is 36.4 Å². The summed E-state index contributed by atoms with van der Waals surface area (Å²) in [6.07, 6.45) is 5.11. The molecular weight excluding hydrogens is 466 g/mol. The quantitative estimate of drug-likeness (QED) is 0.318. The van der Waals surface area contributed by atoms with E-state index in [0.29, 0.717) is 17.4 Å². The zero-order chi connectivity index (χ0) is 24.9. The smallest absolute Gasteiger partial charge is 0.228 e. The number of rotatable bonds is 4. The van der Waals surface area contributed by atoms with Crippen molar-refractivity contribution in [2.75, 3.05) is 14.2 Å². The molecule has 7 rings (SSSR count). The van der Waals surface area contributed by atoms with Crippen molar-refractivity contribution in [2.45, 2.75) is 5.92 Å². The number of aromatic nitrogens is 5. The van der Waals surface area contributed by atoms with E-state index in [1.807, 2.05) is 42.5 Å². The van der Waals surface area contributed by atoms with E-state index in [4.69, 9.17) is 24.3 Å². The second-order valence-corrected chi connectivity index (χ2v) is 8.75. The summed E-state index contributed by atoms with van der Waals surface area (Å²) in [6.45, 7) is 0. The van der Waals surface area contributed by atoms with Crippen LogP contribution in [0.25, 0.3) is 27.8 Å². The molecule has 6 aromatic rings. The minimum Gasteiger partial charge on any atom is -0.497 e. The lowest BCUT2D eigenvalue weighted by atomic mass is 9.82. The van der Waals surface area contributed by atoms with E-state index in [0.717, 1.165) is 50.3 Å². The second kappa shape index (κ2) is 8.30. The number of ether oxygens (including phenoxy) is 3. The van der Waals surface area contributed by atoms with Gasteiger partial charge >= 0.3 is 0 Å². The minimum absolute atomic E-state index is 0.189. The first kappa shape index (κ1) is 21.3. The maximum atomic E-state index is 6.53. The summed E-state index contributed by atoms with van der Waals surface area (Å²) in [7, 11) is 3.34.